The van der Waals surface area contributed by atoms with Crippen molar-refractivity contribution in [2.45, 2.75) is 26.7 Å². The topological polar surface area (TPSA) is 79.8 Å². The second kappa shape index (κ2) is 9.36. The highest BCUT2D eigenvalue weighted by Crippen LogP contribution is 2.15. The van der Waals surface area contributed by atoms with Gasteiger partial charge in [-0.1, -0.05) is 18.2 Å². The molecular weight excluding hydrogens is 330 g/mol. The lowest BCUT2D eigenvalue weighted by molar-refractivity contribution is -0.124. The van der Waals surface area contributed by atoms with Gasteiger partial charge in [0, 0.05) is 24.1 Å². The molecule has 6 heteroatoms. The zero-order valence-electron chi connectivity index (χ0n) is 15.2. The van der Waals surface area contributed by atoms with Crippen LogP contribution < -0.4 is 15.5 Å². The Labute approximate surface area is 153 Å². The number of rotatable bonds is 7. The van der Waals surface area contributed by atoms with Crippen LogP contribution in [0.2, 0.25) is 0 Å². The lowest BCUT2D eigenvalue weighted by Gasteiger charge is -2.07. The number of anilines is 1. The average molecular weight is 353 g/mol. The number of para-hydroxylation sites is 1. The summed E-state index contributed by atoms with van der Waals surface area (Å²) in [7, 11) is 1.57. The van der Waals surface area contributed by atoms with Crippen LogP contribution in [0.15, 0.2) is 47.6 Å². The number of nitrogens with zero attached hydrogens (tertiary/aromatic N) is 1. The maximum atomic E-state index is 11.9. The predicted octanol–water partition coefficient (Wildman–Crippen LogP) is 3.18. The molecule has 0 saturated carbocycles. The van der Waals surface area contributed by atoms with E-state index in [1.54, 1.807) is 13.2 Å². The summed E-state index contributed by atoms with van der Waals surface area (Å²) < 4.78 is 5.20. The van der Waals surface area contributed by atoms with Crippen LogP contribution >= 0.6 is 0 Å². The summed E-state index contributed by atoms with van der Waals surface area (Å²) in [4.78, 5) is 23.8. The summed E-state index contributed by atoms with van der Waals surface area (Å²) in [5.74, 6) is 0.127. The molecule has 0 bridgehead atoms. The Balaban J connectivity index is 1.78. The van der Waals surface area contributed by atoms with Gasteiger partial charge in [-0.3, -0.25) is 9.59 Å². The number of hydrogen-bond donors (Lipinski definition) is 2. The summed E-state index contributed by atoms with van der Waals surface area (Å²) in [6.07, 6.45) is 1.65. The molecule has 0 unspecified atom stereocenters. The Morgan fingerprint density at radius 1 is 1.04 bits per heavy atom. The van der Waals surface area contributed by atoms with E-state index in [0.717, 1.165) is 22.4 Å². The van der Waals surface area contributed by atoms with Crippen molar-refractivity contribution in [1.29, 1.82) is 0 Å². The van der Waals surface area contributed by atoms with Crippen molar-refractivity contribution in [2.24, 2.45) is 5.10 Å². The molecule has 26 heavy (non-hydrogen) atoms. The molecule has 0 saturated heterocycles. The van der Waals surface area contributed by atoms with Gasteiger partial charge in [0.1, 0.15) is 5.75 Å². The van der Waals surface area contributed by atoms with Crippen molar-refractivity contribution < 1.29 is 14.3 Å². The molecule has 0 aliphatic heterocycles. The molecule has 0 fully saturated rings. The van der Waals surface area contributed by atoms with Gasteiger partial charge in [0.05, 0.1) is 13.3 Å². The quantitative estimate of drug-likeness (QED) is 0.593. The van der Waals surface area contributed by atoms with Crippen LogP contribution in [0.1, 0.15) is 29.5 Å². The fraction of sp³-hybridized carbons (Fsp3) is 0.250. The minimum absolute atomic E-state index is 0.0555. The van der Waals surface area contributed by atoms with Gasteiger partial charge >= 0.3 is 0 Å². The zero-order valence-corrected chi connectivity index (χ0v) is 15.2. The third-order valence-electron chi connectivity index (χ3n) is 3.90. The van der Waals surface area contributed by atoms with Crippen LogP contribution in [0.5, 0.6) is 5.75 Å². The van der Waals surface area contributed by atoms with Crippen molar-refractivity contribution >= 4 is 23.7 Å². The Morgan fingerprint density at radius 3 is 2.50 bits per heavy atom. The highest BCUT2D eigenvalue weighted by molar-refractivity contribution is 5.93. The smallest absolute Gasteiger partial charge is 0.240 e. The molecule has 0 atom stereocenters. The fourth-order valence-electron chi connectivity index (χ4n) is 2.27. The van der Waals surface area contributed by atoms with E-state index in [1.165, 1.54) is 6.21 Å². The standard InChI is InChI=1S/C20H23N3O3/c1-14-8-9-17(12-15(14)2)22-19(24)10-11-20(25)23-21-13-16-6-4-5-7-18(16)26-3/h4-9,12-13H,10-11H2,1-3H3,(H,22,24)(H,23,25). The van der Waals surface area contributed by atoms with Crippen LogP contribution in [-0.2, 0) is 9.59 Å². The van der Waals surface area contributed by atoms with Crippen LogP contribution in [0.25, 0.3) is 0 Å². The van der Waals surface area contributed by atoms with Crippen LogP contribution in [0.4, 0.5) is 5.69 Å². The van der Waals surface area contributed by atoms with Gasteiger partial charge in [-0.2, -0.15) is 5.10 Å². The van der Waals surface area contributed by atoms with E-state index < -0.39 is 0 Å². The van der Waals surface area contributed by atoms with Crippen molar-refractivity contribution in [3.63, 3.8) is 0 Å². The van der Waals surface area contributed by atoms with E-state index >= 15 is 0 Å². The van der Waals surface area contributed by atoms with Crippen LogP contribution in [0.3, 0.4) is 0 Å². The third kappa shape index (κ3) is 5.73. The number of methoxy groups -OCH3 is 1. The van der Waals surface area contributed by atoms with E-state index in [0.29, 0.717) is 5.75 Å². The third-order valence-corrected chi connectivity index (χ3v) is 3.90. The number of benzene rings is 2. The number of ether oxygens (including phenoxy) is 1. The zero-order chi connectivity index (χ0) is 18.9. The van der Waals surface area contributed by atoms with Crippen LogP contribution in [0, 0.1) is 13.8 Å². The number of carbonyl (C=O) groups excluding carboxylic acids is 2. The maximum Gasteiger partial charge on any atom is 0.240 e. The molecule has 0 spiro atoms. The lowest BCUT2D eigenvalue weighted by atomic mass is 10.1. The van der Waals surface area contributed by atoms with E-state index in [1.807, 2.05) is 50.2 Å². The molecular formula is C20H23N3O3. The van der Waals surface area contributed by atoms with E-state index in [2.05, 4.69) is 15.8 Å². The van der Waals surface area contributed by atoms with E-state index in [-0.39, 0.29) is 24.7 Å². The Morgan fingerprint density at radius 2 is 1.77 bits per heavy atom. The first-order valence-electron chi connectivity index (χ1n) is 8.31. The lowest BCUT2D eigenvalue weighted by Crippen LogP contribution is -2.20. The van der Waals surface area contributed by atoms with Crippen molar-refractivity contribution in [2.75, 3.05) is 12.4 Å². The summed E-state index contributed by atoms with van der Waals surface area (Å²) in [5.41, 5.74) is 6.16. The van der Waals surface area contributed by atoms with Gasteiger partial charge in [0.15, 0.2) is 0 Å². The number of hydrogen-bond acceptors (Lipinski definition) is 4. The minimum atomic E-state index is -0.327. The van der Waals surface area contributed by atoms with Crippen molar-refractivity contribution in [3.05, 3.63) is 59.2 Å². The number of hydrazone groups is 1. The fourth-order valence-corrected chi connectivity index (χ4v) is 2.27. The molecule has 2 aromatic rings. The van der Waals surface area contributed by atoms with Crippen LogP contribution in [-0.4, -0.2) is 25.1 Å². The number of carbonyl (C=O) groups is 2. The summed E-state index contributed by atoms with van der Waals surface area (Å²) >= 11 is 0. The van der Waals surface area contributed by atoms with Crippen molar-refractivity contribution in [3.8, 4) is 5.75 Å². The molecule has 0 aromatic heterocycles. The average Bonchev–Trinajstić information content (AvgIpc) is 2.63. The highest BCUT2D eigenvalue weighted by Gasteiger charge is 2.07. The van der Waals surface area contributed by atoms with E-state index in [9.17, 15) is 9.59 Å². The number of amides is 2. The van der Waals surface area contributed by atoms with Gasteiger partial charge in [-0.25, -0.2) is 5.43 Å². The van der Waals surface area contributed by atoms with Gasteiger partial charge in [-0.15, -0.1) is 0 Å². The normalized spacial score (nSPS) is 10.6. The number of nitrogens with one attached hydrogen (secondary N) is 2. The monoisotopic (exact) mass is 353 g/mol. The Kier molecular flexibility index (Phi) is 6.91. The molecule has 136 valence electrons. The largest absolute Gasteiger partial charge is 0.496 e. The molecule has 2 aromatic carbocycles. The molecule has 2 amide bonds. The second-order valence-electron chi connectivity index (χ2n) is 5.88. The molecule has 2 rings (SSSR count). The molecule has 6 nitrogen and oxygen atoms in total. The van der Waals surface area contributed by atoms with Gasteiger partial charge in [-0.05, 0) is 49.2 Å². The maximum absolute atomic E-state index is 11.9. The first-order chi connectivity index (χ1) is 12.5. The predicted molar refractivity (Wildman–Crippen MR) is 103 cm³/mol. The summed E-state index contributed by atoms with van der Waals surface area (Å²) in [5, 5.41) is 6.69. The molecule has 2 N–H and O–H groups in total. The highest BCUT2D eigenvalue weighted by atomic mass is 16.5. The Bertz CT molecular complexity index is 816. The Hall–Kier alpha value is -3.15. The summed E-state index contributed by atoms with van der Waals surface area (Å²) in [6, 6.07) is 13.0. The molecule has 0 heterocycles. The molecule has 0 aliphatic rings. The number of aryl methyl sites for hydroxylation is 2. The summed E-state index contributed by atoms with van der Waals surface area (Å²) in [6.45, 7) is 4.00. The van der Waals surface area contributed by atoms with Gasteiger partial charge in [0.25, 0.3) is 0 Å². The second-order valence-corrected chi connectivity index (χ2v) is 5.88. The first-order valence-corrected chi connectivity index (χ1v) is 8.31. The SMILES string of the molecule is COc1ccccc1C=NNC(=O)CCC(=O)Nc1ccc(C)c(C)c1. The first kappa shape index (κ1) is 19.2. The molecule has 0 radical (unpaired) electrons. The minimum Gasteiger partial charge on any atom is -0.496 e. The van der Waals surface area contributed by atoms with Gasteiger partial charge < -0.3 is 10.1 Å². The van der Waals surface area contributed by atoms with Gasteiger partial charge in [0.2, 0.25) is 11.8 Å². The molecule has 0 aliphatic carbocycles. The van der Waals surface area contributed by atoms with E-state index in [4.69, 9.17) is 4.74 Å². The van der Waals surface area contributed by atoms with Crippen molar-refractivity contribution in [1.82, 2.24) is 5.43 Å².